The molecule has 1 amide bonds. The number of hydrogen-bond donors (Lipinski definition) is 1. The number of hydrogen-bond acceptors (Lipinski definition) is 6. The minimum absolute atomic E-state index is 0.0199. The third-order valence-electron chi connectivity index (χ3n) is 4.36. The fourth-order valence-electron chi connectivity index (χ4n) is 2.71. The van der Waals surface area contributed by atoms with E-state index in [0.717, 1.165) is 11.8 Å². The predicted molar refractivity (Wildman–Crippen MR) is 114 cm³/mol. The molecule has 0 radical (unpaired) electrons. The number of nitrogens with one attached hydrogen (secondary N) is 1. The summed E-state index contributed by atoms with van der Waals surface area (Å²) < 4.78 is 5.55. The first-order chi connectivity index (χ1) is 15.0. The van der Waals surface area contributed by atoms with E-state index in [4.69, 9.17) is 4.74 Å². The maximum absolute atomic E-state index is 12.5. The second-order valence-electron chi connectivity index (χ2n) is 6.56. The van der Waals surface area contributed by atoms with Crippen molar-refractivity contribution >= 4 is 17.7 Å². The van der Waals surface area contributed by atoms with Crippen LogP contribution in [0.1, 0.15) is 24.1 Å². The number of rotatable bonds is 7. The van der Waals surface area contributed by atoms with Gasteiger partial charge in [0, 0.05) is 12.1 Å². The minimum Gasteiger partial charge on any atom is -0.439 e. The molecule has 3 rings (SSSR count). The molecule has 1 aromatic heterocycles. The molecule has 0 aliphatic heterocycles. The number of nitriles is 1. The van der Waals surface area contributed by atoms with Crippen molar-refractivity contribution in [3.05, 3.63) is 99.7 Å². The third-order valence-corrected chi connectivity index (χ3v) is 4.36. The average Bonchev–Trinajstić information content (AvgIpc) is 2.79. The Hall–Kier alpha value is -4.51. The fourth-order valence-corrected chi connectivity index (χ4v) is 2.71. The maximum Gasteiger partial charge on any atom is 0.287 e. The molecule has 8 heteroatoms. The molecule has 0 aliphatic carbocycles. The van der Waals surface area contributed by atoms with E-state index in [0.29, 0.717) is 11.3 Å². The topological polar surface area (TPSA) is 118 Å². The van der Waals surface area contributed by atoms with E-state index in [1.807, 2.05) is 43.3 Å². The van der Waals surface area contributed by atoms with Crippen molar-refractivity contribution in [1.29, 1.82) is 5.26 Å². The SMILES string of the molecule is C[C@H](NC(=O)/C(C#N)=C\c1ccc(Oc2ccc([N+](=O)[O-])cn2)cc1)c1ccccc1. The Morgan fingerprint density at radius 2 is 1.87 bits per heavy atom. The van der Waals surface area contributed by atoms with Gasteiger partial charge in [0.05, 0.1) is 11.0 Å². The van der Waals surface area contributed by atoms with Crippen molar-refractivity contribution in [2.75, 3.05) is 0 Å². The van der Waals surface area contributed by atoms with Gasteiger partial charge in [-0.3, -0.25) is 14.9 Å². The van der Waals surface area contributed by atoms with Crippen molar-refractivity contribution in [3.8, 4) is 17.7 Å². The standard InChI is InChI=1S/C23H18N4O4/c1-16(18-5-3-2-4-6-18)26-23(28)19(14-24)13-17-7-10-21(11-8-17)31-22-12-9-20(15-25-22)27(29)30/h2-13,15-16H,1H3,(H,26,28)/b19-13-/t16-/m0/s1. The van der Waals surface area contributed by atoms with E-state index in [9.17, 15) is 20.2 Å². The Morgan fingerprint density at radius 1 is 1.16 bits per heavy atom. The van der Waals surface area contributed by atoms with Crippen LogP contribution in [-0.2, 0) is 4.79 Å². The normalized spacial score (nSPS) is 11.8. The molecular formula is C23H18N4O4. The molecule has 8 nitrogen and oxygen atoms in total. The van der Waals surface area contributed by atoms with Gasteiger partial charge in [-0.1, -0.05) is 42.5 Å². The maximum atomic E-state index is 12.5. The molecule has 1 N–H and O–H groups in total. The van der Waals surface area contributed by atoms with E-state index < -0.39 is 10.8 Å². The van der Waals surface area contributed by atoms with Gasteiger partial charge < -0.3 is 10.1 Å². The zero-order chi connectivity index (χ0) is 22.2. The predicted octanol–water partition coefficient (Wildman–Crippen LogP) is 4.57. The number of pyridine rings is 1. The van der Waals surface area contributed by atoms with Gasteiger partial charge in [-0.05, 0) is 36.3 Å². The zero-order valence-electron chi connectivity index (χ0n) is 16.6. The summed E-state index contributed by atoms with van der Waals surface area (Å²) in [5, 5.41) is 22.9. The molecule has 0 saturated carbocycles. The number of nitrogens with zero attached hydrogens (tertiary/aromatic N) is 3. The largest absolute Gasteiger partial charge is 0.439 e. The Labute approximate surface area is 178 Å². The van der Waals surface area contributed by atoms with E-state index >= 15 is 0 Å². The van der Waals surface area contributed by atoms with E-state index in [-0.39, 0.29) is 23.2 Å². The van der Waals surface area contributed by atoms with Crippen molar-refractivity contribution in [2.24, 2.45) is 0 Å². The molecule has 0 aliphatic rings. The summed E-state index contributed by atoms with van der Waals surface area (Å²) in [5.41, 5.74) is 1.43. The highest BCUT2D eigenvalue weighted by Gasteiger charge is 2.14. The lowest BCUT2D eigenvalue weighted by atomic mass is 10.1. The summed E-state index contributed by atoms with van der Waals surface area (Å²) in [7, 11) is 0. The van der Waals surface area contributed by atoms with Gasteiger partial charge in [0.15, 0.2) is 0 Å². The number of amides is 1. The fraction of sp³-hybridized carbons (Fsp3) is 0.0870. The molecule has 1 atom stereocenters. The van der Waals surface area contributed by atoms with Crippen molar-refractivity contribution in [3.63, 3.8) is 0 Å². The van der Waals surface area contributed by atoms with Crippen LogP contribution in [0.25, 0.3) is 6.08 Å². The van der Waals surface area contributed by atoms with E-state index in [2.05, 4.69) is 10.3 Å². The molecule has 0 bridgehead atoms. The van der Waals surface area contributed by atoms with Crippen LogP contribution in [0.5, 0.6) is 11.6 Å². The third kappa shape index (κ3) is 5.74. The van der Waals surface area contributed by atoms with Crippen LogP contribution in [-0.4, -0.2) is 15.8 Å². The van der Waals surface area contributed by atoms with Crippen molar-refractivity contribution in [1.82, 2.24) is 10.3 Å². The molecule has 2 aromatic carbocycles. The van der Waals surface area contributed by atoms with Gasteiger partial charge in [-0.2, -0.15) is 5.26 Å². The molecule has 1 heterocycles. The van der Waals surface area contributed by atoms with Gasteiger partial charge in [-0.15, -0.1) is 0 Å². The molecule has 0 spiro atoms. The summed E-state index contributed by atoms with van der Waals surface area (Å²) in [4.78, 5) is 26.5. The quantitative estimate of drug-likeness (QED) is 0.262. The highest BCUT2D eigenvalue weighted by molar-refractivity contribution is 6.01. The van der Waals surface area contributed by atoms with Gasteiger partial charge >= 0.3 is 0 Å². The van der Waals surface area contributed by atoms with Gasteiger partial charge in [0.1, 0.15) is 23.6 Å². The summed E-state index contributed by atoms with van der Waals surface area (Å²) >= 11 is 0. The van der Waals surface area contributed by atoms with Crippen LogP contribution >= 0.6 is 0 Å². The number of ether oxygens (including phenoxy) is 1. The summed E-state index contributed by atoms with van der Waals surface area (Å²) in [6.45, 7) is 1.85. The Morgan fingerprint density at radius 3 is 2.45 bits per heavy atom. The smallest absolute Gasteiger partial charge is 0.287 e. The van der Waals surface area contributed by atoms with E-state index in [1.165, 1.54) is 18.2 Å². The van der Waals surface area contributed by atoms with Crippen LogP contribution in [0.4, 0.5) is 5.69 Å². The number of aromatic nitrogens is 1. The van der Waals surface area contributed by atoms with Crippen LogP contribution in [0, 0.1) is 21.4 Å². The Bertz CT molecular complexity index is 1130. The lowest BCUT2D eigenvalue weighted by Gasteiger charge is -2.13. The van der Waals surface area contributed by atoms with Crippen LogP contribution < -0.4 is 10.1 Å². The minimum atomic E-state index is -0.540. The number of carbonyl (C=O) groups excluding carboxylic acids is 1. The molecule has 0 saturated heterocycles. The summed E-state index contributed by atoms with van der Waals surface area (Å²) in [6.07, 6.45) is 2.60. The van der Waals surface area contributed by atoms with Gasteiger partial charge in [-0.25, -0.2) is 4.98 Å². The first kappa shape index (κ1) is 21.2. The Kier molecular flexibility index (Phi) is 6.71. The second kappa shape index (κ2) is 9.80. The first-order valence-corrected chi connectivity index (χ1v) is 9.32. The highest BCUT2D eigenvalue weighted by atomic mass is 16.6. The molecule has 31 heavy (non-hydrogen) atoms. The zero-order valence-corrected chi connectivity index (χ0v) is 16.6. The van der Waals surface area contributed by atoms with Crippen LogP contribution in [0.15, 0.2) is 78.5 Å². The van der Waals surface area contributed by atoms with E-state index in [1.54, 1.807) is 24.3 Å². The number of carbonyl (C=O) groups is 1. The number of benzene rings is 2. The summed E-state index contributed by atoms with van der Waals surface area (Å²) in [6, 6.07) is 20.5. The monoisotopic (exact) mass is 414 g/mol. The first-order valence-electron chi connectivity index (χ1n) is 9.32. The second-order valence-corrected chi connectivity index (χ2v) is 6.56. The van der Waals surface area contributed by atoms with Crippen molar-refractivity contribution < 1.29 is 14.5 Å². The van der Waals surface area contributed by atoms with Gasteiger partial charge in [0.2, 0.25) is 5.88 Å². The van der Waals surface area contributed by atoms with Crippen molar-refractivity contribution in [2.45, 2.75) is 13.0 Å². The molecule has 3 aromatic rings. The number of nitro groups is 1. The molecule has 0 unspecified atom stereocenters. The Balaban J connectivity index is 1.66. The highest BCUT2D eigenvalue weighted by Crippen LogP contribution is 2.22. The summed E-state index contributed by atoms with van der Waals surface area (Å²) in [5.74, 6) is 0.203. The molecular weight excluding hydrogens is 396 g/mol. The van der Waals surface area contributed by atoms with Crippen LogP contribution in [0.2, 0.25) is 0 Å². The molecule has 0 fully saturated rings. The van der Waals surface area contributed by atoms with Crippen LogP contribution in [0.3, 0.4) is 0 Å². The lowest BCUT2D eigenvalue weighted by Crippen LogP contribution is -2.27. The average molecular weight is 414 g/mol. The lowest BCUT2D eigenvalue weighted by molar-refractivity contribution is -0.385. The van der Waals surface area contributed by atoms with Gasteiger partial charge in [0.25, 0.3) is 11.6 Å². The molecule has 154 valence electrons.